The Kier molecular flexibility index (Phi) is 3.68. The molecule has 0 spiro atoms. The highest BCUT2D eigenvalue weighted by Gasteiger charge is 2.03. The maximum absolute atomic E-state index is 10.4. The summed E-state index contributed by atoms with van der Waals surface area (Å²) in [6.07, 6.45) is 3.92. The minimum Gasteiger partial charge on any atom is -0.495 e. The van der Waals surface area contributed by atoms with E-state index in [9.17, 15) is 4.79 Å². The lowest BCUT2D eigenvalue weighted by atomic mass is 10.2. The number of carboxylic acid groups (broad SMARTS) is 1. The van der Waals surface area contributed by atoms with Crippen LogP contribution in [0.4, 0.5) is 0 Å². The van der Waals surface area contributed by atoms with Crippen LogP contribution in [0.25, 0.3) is 6.08 Å². The molecule has 0 fully saturated rings. The van der Waals surface area contributed by atoms with Gasteiger partial charge in [-0.2, -0.15) is 0 Å². The lowest BCUT2D eigenvalue weighted by Crippen LogP contribution is -1.93. The molecule has 0 bridgehead atoms. The van der Waals surface area contributed by atoms with Crippen molar-refractivity contribution in [3.8, 4) is 11.6 Å². The quantitative estimate of drug-likeness (QED) is 0.754. The van der Waals surface area contributed by atoms with Crippen molar-refractivity contribution in [1.29, 1.82) is 0 Å². The molecule has 0 unspecified atom stereocenters. The molecule has 1 aromatic heterocycles. The second-order valence-corrected chi connectivity index (χ2v) is 2.64. The van der Waals surface area contributed by atoms with Crippen LogP contribution in [0.5, 0.6) is 11.6 Å². The molecular formula is C10H11NO4. The third-order valence-corrected chi connectivity index (χ3v) is 1.71. The number of carboxylic acids is 1. The summed E-state index contributed by atoms with van der Waals surface area (Å²) in [5.41, 5.74) is 0.603. The zero-order chi connectivity index (χ0) is 11.3. The zero-order valence-corrected chi connectivity index (χ0v) is 8.43. The van der Waals surface area contributed by atoms with Crippen LogP contribution in [0, 0.1) is 0 Å². The molecule has 0 saturated carbocycles. The van der Waals surface area contributed by atoms with Crippen molar-refractivity contribution in [2.75, 3.05) is 14.2 Å². The summed E-state index contributed by atoms with van der Waals surface area (Å²) in [7, 11) is 2.97. The first-order valence-electron chi connectivity index (χ1n) is 4.16. The monoisotopic (exact) mass is 209 g/mol. The second-order valence-electron chi connectivity index (χ2n) is 2.64. The Morgan fingerprint density at radius 1 is 1.47 bits per heavy atom. The highest BCUT2D eigenvalue weighted by Crippen LogP contribution is 2.22. The van der Waals surface area contributed by atoms with E-state index >= 15 is 0 Å². The van der Waals surface area contributed by atoms with E-state index in [1.54, 1.807) is 6.07 Å². The second kappa shape index (κ2) is 4.99. The Labute approximate surface area is 87.0 Å². The largest absolute Gasteiger partial charge is 0.495 e. The zero-order valence-electron chi connectivity index (χ0n) is 8.43. The third kappa shape index (κ3) is 2.98. The fourth-order valence-corrected chi connectivity index (χ4v) is 1.01. The Balaban J connectivity index is 3.06. The van der Waals surface area contributed by atoms with Gasteiger partial charge in [-0.3, -0.25) is 0 Å². The topological polar surface area (TPSA) is 68.7 Å². The van der Waals surface area contributed by atoms with Gasteiger partial charge in [0.05, 0.1) is 20.4 Å². The number of nitrogens with zero attached hydrogens (tertiary/aromatic N) is 1. The summed E-state index contributed by atoms with van der Waals surface area (Å²) < 4.78 is 9.93. The fourth-order valence-electron chi connectivity index (χ4n) is 1.01. The molecular weight excluding hydrogens is 198 g/mol. The van der Waals surface area contributed by atoms with E-state index in [4.69, 9.17) is 14.6 Å². The number of hydrogen-bond acceptors (Lipinski definition) is 4. The summed E-state index contributed by atoms with van der Waals surface area (Å²) in [5.74, 6) is -0.123. The lowest BCUT2D eigenvalue weighted by Gasteiger charge is -2.05. The predicted molar refractivity (Wildman–Crippen MR) is 54.0 cm³/mol. The van der Waals surface area contributed by atoms with Crippen LogP contribution in [-0.2, 0) is 4.79 Å². The van der Waals surface area contributed by atoms with Crippen molar-refractivity contribution in [2.45, 2.75) is 0 Å². The maximum Gasteiger partial charge on any atom is 0.328 e. The van der Waals surface area contributed by atoms with Crippen LogP contribution in [0.2, 0.25) is 0 Å². The lowest BCUT2D eigenvalue weighted by molar-refractivity contribution is -0.131. The maximum atomic E-state index is 10.4. The first kappa shape index (κ1) is 11.0. The number of methoxy groups -OCH3 is 2. The van der Waals surface area contributed by atoms with Gasteiger partial charge in [-0.15, -0.1) is 0 Å². The summed E-state index contributed by atoms with van der Waals surface area (Å²) >= 11 is 0. The summed E-state index contributed by atoms with van der Waals surface area (Å²) in [5, 5.41) is 8.49. The van der Waals surface area contributed by atoms with Crippen LogP contribution >= 0.6 is 0 Å². The standard InChI is InChI=1S/C10H11NO4/c1-14-8-6-11-9(15-2)5-7(8)3-4-10(12)13/h3-6H,1-2H3,(H,12,13)/b4-3+. The SMILES string of the molecule is COc1cc(/C=C/C(=O)O)c(OC)cn1. The van der Waals surface area contributed by atoms with Gasteiger partial charge in [0.1, 0.15) is 5.75 Å². The third-order valence-electron chi connectivity index (χ3n) is 1.71. The molecule has 1 rings (SSSR count). The van der Waals surface area contributed by atoms with Gasteiger partial charge in [0.2, 0.25) is 5.88 Å². The summed E-state index contributed by atoms with van der Waals surface area (Å²) in [4.78, 5) is 14.3. The number of ether oxygens (including phenoxy) is 2. The molecule has 0 aliphatic rings. The Hall–Kier alpha value is -2.04. The number of hydrogen-bond donors (Lipinski definition) is 1. The van der Waals surface area contributed by atoms with Gasteiger partial charge in [-0.25, -0.2) is 9.78 Å². The van der Waals surface area contributed by atoms with Crippen LogP contribution in [-0.4, -0.2) is 30.3 Å². The van der Waals surface area contributed by atoms with E-state index in [1.165, 1.54) is 26.5 Å². The number of rotatable bonds is 4. The van der Waals surface area contributed by atoms with Crippen LogP contribution in [0.1, 0.15) is 5.56 Å². The Bertz CT molecular complexity index is 387. The molecule has 0 aliphatic heterocycles. The molecule has 0 atom stereocenters. The number of aliphatic carboxylic acids is 1. The van der Waals surface area contributed by atoms with E-state index in [-0.39, 0.29) is 0 Å². The molecule has 1 aromatic rings. The minimum absolute atomic E-state index is 0.404. The summed E-state index contributed by atoms with van der Waals surface area (Å²) in [6.45, 7) is 0. The molecule has 5 heteroatoms. The van der Waals surface area contributed by atoms with Crippen LogP contribution < -0.4 is 9.47 Å². The van der Waals surface area contributed by atoms with Gasteiger partial charge < -0.3 is 14.6 Å². The van der Waals surface area contributed by atoms with Crippen molar-refractivity contribution in [2.24, 2.45) is 0 Å². The smallest absolute Gasteiger partial charge is 0.328 e. The average Bonchev–Trinajstić information content (AvgIpc) is 2.25. The molecule has 1 N–H and O–H groups in total. The normalized spacial score (nSPS) is 10.3. The highest BCUT2D eigenvalue weighted by molar-refractivity contribution is 5.85. The molecule has 15 heavy (non-hydrogen) atoms. The van der Waals surface area contributed by atoms with E-state index in [2.05, 4.69) is 4.98 Å². The Morgan fingerprint density at radius 3 is 2.73 bits per heavy atom. The van der Waals surface area contributed by atoms with E-state index in [1.807, 2.05) is 0 Å². The first-order chi connectivity index (χ1) is 7.17. The van der Waals surface area contributed by atoms with Crippen molar-refractivity contribution < 1.29 is 19.4 Å². The minimum atomic E-state index is -1.02. The number of aromatic nitrogens is 1. The van der Waals surface area contributed by atoms with Gasteiger partial charge in [0.15, 0.2) is 0 Å². The molecule has 1 heterocycles. The van der Waals surface area contributed by atoms with Crippen LogP contribution in [0.15, 0.2) is 18.3 Å². The summed E-state index contributed by atoms with van der Waals surface area (Å²) in [6, 6.07) is 1.60. The van der Waals surface area contributed by atoms with Crippen molar-refractivity contribution in [1.82, 2.24) is 4.98 Å². The van der Waals surface area contributed by atoms with Gasteiger partial charge in [0, 0.05) is 17.7 Å². The number of carbonyl (C=O) groups is 1. The van der Waals surface area contributed by atoms with E-state index in [0.29, 0.717) is 17.2 Å². The average molecular weight is 209 g/mol. The van der Waals surface area contributed by atoms with Gasteiger partial charge in [0.25, 0.3) is 0 Å². The van der Waals surface area contributed by atoms with E-state index in [0.717, 1.165) is 6.08 Å². The predicted octanol–water partition coefficient (Wildman–Crippen LogP) is 1.20. The van der Waals surface area contributed by atoms with Gasteiger partial charge in [-0.1, -0.05) is 0 Å². The molecule has 0 radical (unpaired) electrons. The molecule has 0 saturated heterocycles. The molecule has 80 valence electrons. The first-order valence-corrected chi connectivity index (χ1v) is 4.16. The van der Waals surface area contributed by atoms with Gasteiger partial charge >= 0.3 is 5.97 Å². The van der Waals surface area contributed by atoms with Gasteiger partial charge in [-0.05, 0) is 6.08 Å². The highest BCUT2D eigenvalue weighted by atomic mass is 16.5. The van der Waals surface area contributed by atoms with Crippen molar-refractivity contribution in [3.05, 3.63) is 23.9 Å². The molecule has 5 nitrogen and oxygen atoms in total. The molecule has 0 aliphatic carbocycles. The number of pyridine rings is 1. The molecule has 0 amide bonds. The van der Waals surface area contributed by atoms with E-state index < -0.39 is 5.97 Å². The molecule has 0 aromatic carbocycles. The Morgan fingerprint density at radius 2 is 2.20 bits per heavy atom. The van der Waals surface area contributed by atoms with Crippen LogP contribution in [0.3, 0.4) is 0 Å². The van der Waals surface area contributed by atoms with Crippen molar-refractivity contribution >= 4 is 12.0 Å². The fraction of sp³-hybridized carbons (Fsp3) is 0.200. The van der Waals surface area contributed by atoms with Crippen molar-refractivity contribution in [3.63, 3.8) is 0 Å².